The summed E-state index contributed by atoms with van der Waals surface area (Å²) in [6, 6.07) is 4.77. The van der Waals surface area contributed by atoms with Crippen LogP contribution in [-0.2, 0) is 7.05 Å². The third kappa shape index (κ3) is 3.43. The first-order chi connectivity index (χ1) is 10.8. The molecule has 1 heterocycles. The Morgan fingerprint density at radius 3 is 2.57 bits per heavy atom. The molecule has 7 heteroatoms. The molecule has 0 spiro atoms. The van der Waals surface area contributed by atoms with Gasteiger partial charge in [0.15, 0.2) is 5.82 Å². The Kier molecular flexibility index (Phi) is 4.86. The number of phenolic OH excluding ortho intramolecular Hbond substituents is 1. The molecule has 6 nitrogen and oxygen atoms in total. The number of nitrogens with zero attached hydrogens (tertiary/aromatic N) is 4. The second kappa shape index (κ2) is 6.66. The Hall–Kier alpha value is -2.60. The van der Waals surface area contributed by atoms with Crippen molar-refractivity contribution in [2.45, 2.75) is 13.8 Å². The maximum Gasteiger partial charge on any atom is 0.160 e. The fraction of sp³-hybridized carbons (Fsp3) is 0.188. The van der Waals surface area contributed by atoms with Gasteiger partial charge in [-0.3, -0.25) is 4.99 Å². The van der Waals surface area contributed by atoms with Crippen molar-refractivity contribution < 1.29 is 5.11 Å². The van der Waals surface area contributed by atoms with Gasteiger partial charge in [-0.15, -0.1) is 0 Å². The van der Waals surface area contributed by atoms with Crippen LogP contribution >= 0.6 is 11.6 Å². The monoisotopic (exact) mass is 331 g/mol. The molecule has 0 aliphatic heterocycles. The number of aliphatic imine (C=N–C) groups is 2. The molecule has 0 saturated carbocycles. The van der Waals surface area contributed by atoms with Crippen molar-refractivity contribution in [1.82, 2.24) is 9.55 Å². The van der Waals surface area contributed by atoms with Crippen LogP contribution in [0.1, 0.15) is 24.0 Å². The molecular formula is C16H18ClN5O. The molecule has 2 rings (SSSR count). The molecule has 0 saturated heterocycles. The van der Waals surface area contributed by atoms with Crippen LogP contribution in [0.2, 0.25) is 5.02 Å². The van der Waals surface area contributed by atoms with E-state index in [9.17, 15) is 5.11 Å². The zero-order valence-electron chi connectivity index (χ0n) is 13.2. The number of hydrogen-bond acceptors (Lipinski definition) is 4. The molecule has 3 N–H and O–H groups in total. The van der Waals surface area contributed by atoms with Crippen molar-refractivity contribution in [2.75, 3.05) is 0 Å². The third-order valence-electron chi connectivity index (χ3n) is 3.32. The van der Waals surface area contributed by atoms with E-state index in [-0.39, 0.29) is 10.8 Å². The number of phenols is 1. The first-order valence-electron chi connectivity index (χ1n) is 6.84. The molecule has 0 unspecified atom stereocenters. The molecule has 120 valence electrons. The van der Waals surface area contributed by atoms with Gasteiger partial charge in [0.2, 0.25) is 0 Å². The van der Waals surface area contributed by atoms with Gasteiger partial charge in [-0.05, 0) is 38.8 Å². The van der Waals surface area contributed by atoms with E-state index in [1.54, 1.807) is 25.3 Å². The molecule has 0 amide bonds. The lowest BCUT2D eigenvalue weighted by Crippen LogP contribution is -2.08. The number of halogens is 1. The fourth-order valence-corrected chi connectivity index (χ4v) is 2.24. The van der Waals surface area contributed by atoms with E-state index in [4.69, 9.17) is 17.3 Å². The van der Waals surface area contributed by atoms with Crippen molar-refractivity contribution in [3.8, 4) is 5.75 Å². The molecule has 23 heavy (non-hydrogen) atoms. The zero-order valence-corrected chi connectivity index (χ0v) is 14.0. The highest BCUT2D eigenvalue weighted by Gasteiger charge is 2.16. The average molecular weight is 332 g/mol. The van der Waals surface area contributed by atoms with Gasteiger partial charge >= 0.3 is 0 Å². The highest BCUT2D eigenvalue weighted by Crippen LogP contribution is 2.32. The summed E-state index contributed by atoms with van der Waals surface area (Å²) in [7, 11) is 1.88. The zero-order chi connectivity index (χ0) is 17.1. The van der Waals surface area contributed by atoms with Crippen molar-refractivity contribution >= 4 is 35.5 Å². The standard InChI is InChI=1S/C16H18ClN5O/c1-9-8-20-16(22(9)4)15(21-10(2)18)14(19-3)11-5-6-13(23)12(17)7-11/h5-8,23H,3H2,1-2,4H3,(H2,18,21)/b15-14-. The fourth-order valence-electron chi connectivity index (χ4n) is 2.06. The molecule has 0 fully saturated rings. The average Bonchev–Trinajstić information content (AvgIpc) is 2.82. The van der Waals surface area contributed by atoms with Gasteiger partial charge in [-0.25, -0.2) is 9.98 Å². The Morgan fingerprint density at radius 1 is 1.39 bits per heavy atom. The van der Waals surface area contributed by atoms with Crippen LogP contribution in [-0.4, -0.2) is 27.2 Å². The molecule has 0 bridgehead atoms. The topological polar surface area (TPSA) is 88.8 Å². The van der Waals surface area contributed by atoms with E-state index < -0.39 is 0 Å². The number of aromatic hydroxyl groups is 1. The minimum Gasteiger partial charge on any atom is -0.506 e. The molecule has 0 atom stereocenters. The predicted molar refractivity (Wildman–Crippen MR) is 94.7 cm³/mol. The Balaban J connectivity index is 2.77. The number of rotatable bonds is 4. The van der Waals surface area contributed by atoms with Crippen LogP contribution in [0.15, 0.2) is 34.4 Å². The van der Waals surface area contributed by atoms with Crippen LogP contribution < -0.4 is 5.73 Å². The minimum absolute atomic E-state index is 0.00767. The number of hydrogen-bond donors (Lipinski definition) is 2. The van der Waals surface area contributed by atoms with Gasteiger partial charge in [0.05, 0.1) is 16.6 Å². The summed E-state index contributed by atoms with van der Waals surface area (Å²) >= 11 is 5.99. The first-order valence-corrected chi connectivity index (χ1v) is 7.22. The van der Waals surface area contributed by atoms with E-state index in [2.05, 4.69) is 21.7 Å². The van der Waals surface area contributed by atoms with E-state index in [1.807, 2.05) is 18.5 Å². The van der Waals surface area contributed by atoms with Crippen molar-refractivity contribution in [3.63, 3.8) is 0 Å². The second-order valence-electron chi connectivity index (χ2n) is 5.06. The van der Waals surface area contributed by atoms with Crippen LogP contribution in [0.3, 0.4) is 0 Å². The summed E-state index contributed by atoms with van der Waals surface area (Å²) in [5, 5.41) is 9.80. The third-order valence-corrected chi connectivity index (χ3v) is 3.63. The normalized spacial score (nSPS) is 13.0. The van der Waals surface area contributed by atoms with Crippen molar-refractivity contribution in [1.29, 1.82) is 0 Å². The Bertz CT molecular complexity index is 816. The van der Waals surface area contributed by atoms with Gasteiger partial charge < -0.3 is 15.4 Å². The number of nitrogens with two attached hydrogens (primary N) is 1. The Morgan fingerprint density at radius 2 is 2.09 bits per heavy atom. The summed E-state index contributed by atoms with van der Waals surface area (Å²) in [6.07, 6.45) is 1.74. The van der Waals surface area contributed by atoms with E-state index >= 15 is 0 Å². The van der Waals surface area contributed by atoms with Gasteiger partial charge in [0.1, 0.15) is 11.4 Å². The number of amidine groups is 1. The smallest absolute Gasteiger partial charge is 0.160 e. The van der Waals surface area contributed by atoms with Crippen molar-refractivity contribution in [3.05, 3.63) is 46.5 Å². The highest BCUT2D eigenvalue weighted by atomic mass is 35.5. The van der Waals surface area contributed by atoms with Gasteiger partial charge in [0, 0.05) is 24.5 Å². The van der Waals surface area contributed by atoms with Crippen LogP contribution in [0.5, 0.6) is 5.75 Å². The van der Waals surface area contributed by atoms with Crippen molar-refractivity contribution in [2.24, 2.45) is 22.8 Å². The van der Waals surface area contributed by atoms with E-state index in [0.717, 1.165) is 5.69 Å². The van der Waals surface area contributed by atoms with Gasteiger partial charge in [-0.1, -0.05) is 11.6 Å². The summed E-state index contributed by atoms with van der Waals surface area (Å²) in [4.78, 5) is 12.8. The maximum absolute atomic E-state index is 9.59. The van der Waals surface area contributed by atoms with Gasteiger partial charge in [-0.2, -0.15) is 0 Å². The molecule has 0 aliphatic carbocycles. The summed E-state index contributed by atoms with van der Waals surface area (Å²) in [5.41, 5.74) is 8.35. The molecule has 2 aromatic rings. The number of benzene rings is 1. The molecular weight excluding hydrogens is 314 g/mol. The number of aromatic nitrogens is 2. The largest absolute Gasteiger partial charge is 0.506 e. The quantitative estimate of drug-likeness (QED) is 0.666. The van der Waals surface area contributed by atoms with Gasteiger partial charge in [0.25, 0.3) is 0 Å². The summed E-state index contributed by atoms with van der Waals surface area (Å²) in [6.45, 7) is 7.24. The van der Waals surface area contributed by atoms with E-state index in [1.165, 1.54) is 6.07 Å². The number of aryl methyl sites for hydroxylation is 1. The Labute approximate surface area is 139 Å². The van der Waals surface area contributed by atoms with E-state index in [0.29, 0.717) is 28.6 Å². The second-order valence-corrected chi connectivity index (χ2v) is 5.46. The van der Waals surface area contributed by atoms with Crippen LogP contribution in [0.25, 0.3) is 11.4 Å². The lowest BCUT2D eigenvalue weighted by atomic mass is 10.1. The maximum atomic E-state index is 9.59. The summed E-state index contributed by atoms with van der Waals surface area (Å²) in [5.74, 6) is 0.970. The lowest BCUT2D eigenvalue weighted by molar-refractivity contribution is 0.475. The predicted octanol–water partition coefficient (Wildman–Crippen LogP) is 2.99. The molecule has 0 aliphatic rings. The SMILES string of the molecule is C=N/C(=C(\N=C(/C)N)c1ncc(C)n1C)c1ccc(O)c(Cl)c1. The first kappa shape index (κ1) is 16.8. The molecule has 1 aromatic carbocycles. The minimum atomic E-state index is -0.00767. The van der Waals surface area contributed by atoms with Crippen LogP contribution in [0.4, 0.5) is 0 Å². The molecule has 0 radical (unpaired) electrons. The highest BCUT2D eigenvalue weighted by molar-refractivity contribution is 6.32. The summed E-state index contributed by atoms with van der Waals surface area (Å²) < 4.78 is 1.88. The molecule has 1 aromatic heterocycles. The lowest BCUT2D eigenvalue weighted by Gasteiger charge is -2.10. The van der Waals surface area contributed by atoms with Crippen LogP contribution in [0, 0.1) is 6.92 Å². The number of imidazole rings is 1.